The number of anilines is 1. The van der Waals surface area contributed by atoms with Crippen LogP contribution in [0, 0.1) is 22.8 Å². The quantitative estimate of drug-likeness (QED) is 0.861. The molecule has 25 heavy (non-hydrogen) atoms. The molecule has 1 aliphatic rings. The zero-order valence-corrected chi connectivity index (χ0v) is 13.2. The van der Waals surface area contributed by atoms with E-state index >= 15 is 0 Å². The van der Waals surface area contributed by atoms with E-state index in [2.05, 4.69) is 10.5 Å². The zero-order valence-electron chi connectivity index (χ0n) is 13.2. The molecule has 1 aromatic carbocycles. The summed E-state index contributed by atoms with van der Waals surface area (Å²) >= 11 is 0. The van der Waals surface area contributed by atoms with Gasteiger partial charge in [0.15, 0.2) is 6.19 Å². The van der Waals surface area contributed by atoms with Gasteiger partial charge in [-0.25, -0.2) is 4.39 Å². The van der Waals surface area contributed by atoms with Crippen LogP contribution in [-0.2, 0) is 4.79 Å². The molecule has 7 nitrogen and oxygen atoms in total. The monoisotopic (exact) mass is 339 g/mol. The second-order valence-electron chi connectivity index (χ2n) is 5.81. The minimum atomic E-state index is -2.15. The lowest BCUT2D eigenvalue weighted by Crippen LogP contribution is -2.50. The predicted octanol–water partition coefficient (Wildman–Crippen LogP) is 2.44. The molecular formula is C17H14FN5O2. The van der Waals surface area contributed by atoms with E-state index in [1.54, 1.807) is 24.3 Å². The third-order valence-corrected chi connectivity index (χ3v) is 4.03. The van der Waals surface area contributed by atoms with Gasteiger partial charge in [0, 0.05) is 18.2 Å². The molecule has 8 heteroatoms. The zero-order chi connectivity index (χ0) is 17.9. The number of rotatable bonds is 3. The van der Waals surface area contributed by atoms with Crippen molar-refractivity contribution >= 4 is 11.8 Å². The molecule has 126 valence electrons. The van der Waals surface area contributed by atoms with Gasteiger partial charge in [0.05, 0.1) is 18.2 Å². The first-order valence-electron chi connectivity index (χ1n) is 7.66. The van der Waals surface area contributed by atoms with Crippen molar-refractivity contribution in [2.45, 2.75) is 18.5 Å². The topological polar surface area (TPSA) is 106 Å². The van der Waals surface area contributed by atoms with Crippen LogP contribution in [0.3, 0.4) is 0 Å². The highest BCUT2D eigenvalue weighted by Crippen LogP contribution is 2.28. The summed E-state index contributed by atoms with van der Waals surface area (Å²) in [5, 5.41) is 24.0. The van der Waals surface area contributed by atoms with Gasteiger partial charge in [-0.05, 0) is 25.0 Å². The number of amides is 1. The summed E-state index contributed by atoms with van der Waals surface area (Å²) in [6, 6.07) is 10.2. The number of hydrogen-bond acceptors (Lipinski definition) is 6. The number of alkyl halides is 1. The van der Waals surface area contributed by atoms with Crippen molar-refractivity contribution < 1.29 is 13.7 Å². The first-order chi connectivity index (χ1) is 12.0. The maximum absolute atomic E-state index is 14.8. The Hall–Kier alpha value is -3.39. The molecule has 1 unspecified atom stereocenters. The fourth-order valence-electron chi connectivity index (χ4n) is 2.72. The maximum atomic E-state index is 14.8. The Morgan fingerprint density at radius 2 is 2.24 bits per heavy atom. The summed E-state index contributed by atoms with van der Waals surface area (Å²) in [6.07, 6.45) is 2.33. The second-order valence-corrected chi connectivity index (χ2v) is 5.81. The first-order valence-corrected chi connectivity index (χ1v) is 7.66. The van der Waals surface area contributed by atoms with E-state index in [1.807, 2.05) is 12.3 Å². The molecule has 0 spiro atoms. The number of nitriles is 2. The summed E-state index contributed by atoms with van der Waals surface area (Å²) in [7, 11) is 0. The van der Waals surface area contributed by atoms with Gasteiger partial charge in [-0.15, -0.1) is 0 Å². The molecule has 2 aromatic rings. The van der Waals surface area contributed by atoms with Crippen molar-refractivity contribution in [2.75, 3.05) is 18.4 Å². The SMILES string of the molecule is N#Cc1cccc(-c2cc(NC(=O)C3(F)CCCN(C#N)C3)on2)c1. The number of likely N-dealkylation sites (tertiary alicyclic amines) is 1. The summed E-state index contributed by atoms with van der Waals surface area (Å²) < 4.78 is 19.9. The smallest absolute Gasteiger partial charge is 0.266 e. The number of hydrogen-bond donors (Lipinski definition) is 1. The van der Waals surface area contributed by atoms with Crippen molar-refractivity contribution in [3.63, 3.8) is 0 Å². The highest BCUT2D eigenvalue weighted by atomic mass is 19.1. The number of halogens is 1. The minimum absolute atomic E-state index is 0.00784. The van der Waals surface area contributed by atoms with Crippen molar-refractivity contribution in [2.24, 2.45) is 0 Å². The van der Waals surface area contributed by atoms with Gasteiger partial charge in [-0.2, -0.15) is 10.5 Å². The Labute approximate surface area is 143 Å². The van der Waals surface area contributed by atoms with E-state index < -0.39 is 11.6 Å². The van der Waals surface area contributed by atoms with Crippen LogP contribution in [0.25, 0.3) is 11.3 Å². The van der Waals surface area contributed by atoms with Gasteiger partial charge in [0.2, 0.25) is 11.6 Å². The molecule has 0 radical (unpaired) electrons. The van der Waals surface area contributed by atoms with Crippen LogP contribution in [0.1, 0.15) is 18.4 Å². The normalized spacial score (nSPS) is 19.7. The maximum Gasteiger partial charge on any atom is 0.266 e. The molecule has 2 heterocycles. The highest BCUT2D eigenvalue weighted by Gasteiger charge is 2.43. The molecule has 1 aliphatic heterocycles. The molecule has 1 N–H and O–H groups in total. The number of benzene rings is 1. The van der Waals surface area contributed by atoms with Crippen LogP contribution in [-0.4, -0.2) is 34.7 Å². The third kappa shape index (κ3) is 3.43. The minimum Gasteiger partial charge on any atom is -0.338 e. The van der Waals surface area contributed by atoms with Crippen LogP contribution in [0.5, 0.6) is 0 Å². The predicted molar refractivity (Wildman–Crippen MR) is 85.5 cm³/mol. The van der Waals surface area contributed by atoms with E-state index in [4.69, 9.17) is 15.0 Å². The molecule has 0 bridgehead atoms. The van der Waals surface area contributed by atoms with E-state index in [0.717, 1.165) is 0 Å². The van der Waals surface area contributed by atoms with Crippen LogP contribution in [0.2, 0.25) is 0 Å². The average Bonchev–Trinajstić information content (AvgIpc) is 3.10. The Kier molecular flexibility index (Phi) is 4.36. The van der Waals surface area contributed by atoms with E-state index in [9.17, 15) is 9.18 Å². The molecule has 1 aromatic heterocycles. The largest absolute Gasteiger partial charge is 0.338 e. The Bertz CT molecular complexity index is 882. The van der Waals surface area contributed by atoms with Crippen molar-refractivity contribution in [3.8, 4) is 23.5 Å². The lowest BCUT2D eigenvalue weighted by molar-refractivity contribution is -0.130. The highest BCUT2D eigenvalue weighted by molar-refractivity contribution is 5.96. The fraction of sp³-hybridized carbons (Fsp3) is 0.294. The number of aromatic nitrogens is 1. The van der Waals surface area contributed by atoms with Crippen LogP contribution < -0.4 is 5.32 Å². The standard InChI is InChI=1S/C17H14FN5O2/c18-17(5-2-6-23(10-17)11-20)16(24)21-15-8-14(22-25-15)13-4-1-3-12(7-13)9-19/h1,3-4,7-8H,2,5-6,10H2,(H,21,24). The number of piperidine rings is 1. The Balaban J connectivity index is 1.74. The molecule has 1 amide bonds. The van der Waals surface area contributed by atoms with Gasteiger partial charge in [0.1, 0.15) is 5.69 Å². The van der Waals surface area contributed by atoms with E-state index in [1.165, 1.54) is 11.0 Å². The van der Waals surface area contributed by atoms with Gasteiger partial charge in [-0.3, -0.25) is 10.1 Å². The first kappa shape index (κ1) is 16.5. The second kappa shape index (κ2) is 6.62. The lowest BCUT2D eigenvalue weighted by atomic mass is 9.94. The fourth-order valence-corrected chi connectivity index (χ4v) is 2.72. The summed E-state index contributed by atoms with van der Waals surface area (Å²) in [6.45, 7) is 0.164. The van der Waals surface area contributed by atoms with Crippen LogP contribution >= 0.6 is 0 Å². The molecule has 1 fully saturated rings. The summed E-state index contributed by atoms with van der Waals surface area (Å²) in [5.74, 6) is -0.852. The van der Waals surface area contributed by atoms with Gasteiger partial charge in [-0.1, -0.05) is 17.3 Å². The van der Waals surface area contributed by atoms with Gasteiger partial charge >= 0.3 is 0 Å². The van der Waals surface area contributed by atoms with Crippen molar-refractivity contribution in [3.05, 3.63) is 35.9 Å². The van der Waals surface area contributed by atoms with Gasteiger partial charge in [0.25, 0.3) is 5.91 Å². The third-order valence-electron chi connectivity index (χ3n) is 4.03. The summed E-state index contributed by atoms with van der Waals surface area (Å²) in [5.41, 5.74) is -0.622. The Morgan fingerprint density at radius 1 is 1.40 bits per heavy atom. The Morgan fingerprint density at radius 3 is 3.00 bits per heavy atom. The van der Waals surface area contributed by atoms with Crippen molar-refractivity contribution in [1.82, 2.24) is 10.1 Å². The van der Waals surface area contributed by atoms with Crippen LogP contribution in [0.4, 0.5) is 10.3 Å². The number of nitrogens with one attached hydrogen (secondary N) is 1. The van der Waals surface area contributed by atoms with E-state index in [0.29, 0.717) is 29.8 Å². The van der Waals surface area contributed by atoms with Crippen molar-refractivity contribution in [1.29, 1.82) is 10.5 Å². The number of nitrogens with zero attached hydrogens (tertiary/aromatic N) is 4. The molecule has 1 saturated heterocycles. The number of carbonyl (C=O) groups excluding carboxylic acids is 1. The molecule has 0 saturated carbocycles. The number of carbonyl (C=O) groups is 1. The average molecular weight is 339 g/mol. The molecule has 1 atom stereocenters. The van der Waals surface area contributed by atoms with Crippen LogP contribution in [0.15, 0.2) is 34.9 Å². The molecule has 0 aliphatic carbocycles. The van der Waals surface area contributed by atoms with Gasteiger partial charge < -0.3 is 9.42 Å². The molecular weight excluding hydrogens is 325 g/mol. The van der Waals surface area contributed by atoms with E-state index in [-0.39, 0.29) is 18.8 Å². The summed E-state index contributed by atoms with van der Waals surface area (Å²) in [4.78, 5) is 13.5. The molecule has 3 rings (SSSR count). The lowest BCUT2D eigenvalue weighted by Gasteiger charge is -2.32.